The summed E-state index contributed by atoms with van der Waals surface area (Å²) < 4.78 is 30.8. The maximum atomic E-state index is 11.6. The van der Waals surface area contributed by atoms with E-state index in [1.807, 2.05) is 0 Å². The summed E-state index contributed by atoms with van der Waals surface area (Å²) in [5.74, 6) is 0.612. The van der Waals surface area contributed by atoms with Crippen LogP contribution in [0.2, 0.25) is 0 Å². The van der Waals surface area contributed by atoms with Gasteiger partial charge in [0.25, 0.3) is 0 Å². The lowest BCUT2D eigenvalue weighted by Gasteiger charge is -2.07. The van der Waals surface area contributed by atoms with Gasteiger partial charge in [-0.2, -0.15) is 0 Å². The van der Waals surface area contributed by atoms with Crippen LogP contribution in [-0.2, 0) is 10.0 Å². The van der Waals surface area contributed by atoms with Crippen molar-refractivity contribution in [1.82, 2.24) is 4.72 Å². The number of ether oxygens (including phenoxy) is 1. The third kappa shape index (κ3) is 3.48. The van der Waals surface area contributed by atoms with Crippen LogP contribution in [0.3, 0.4) is 0 Å². The SMILES string of the molecule is CCNS(=O)(=O)c1ccc(OCCN)cc1. The first-order valence-electron chi connectivity index (χ1n) is 5.02. The second-order valence-electron chi connectivity index (χ2n) is 3.11. The fourth-order valence-corrected chi connectivity index (χ4v) is 2.21. The number of nitrogens with one attached hydrogen (secondary N) is 1. The van der Waals surface area contributed by atoms with Gasteiger partial charge in [-0.05, 0) is 24.3 Å². The average Bonchev–Trinajstić information content (AvgIpc) is 2.27. The molecule has 5 nitrogen and oxygen atoms in total. The molecule has 90 valence electrons. The molecule has 0 unspecified atom stereocenters. The fourth-order valence-electron chi connectivity index (χ4n) is 1.17. The Labute approximate surface area is 95.7 Å². The summed E-state index contributed by atoms with van der Waals surface area (Å²) in [6, 6.07) is 6.23. The Morgan fingerprint density at radius 3 is 2.44 bits per heavy atom. The predicted molar refractivity (Wildman–Crippen MR) is 61.9 cm³/mol. The molecule has 1 rings (SSSR count). The smallest absolute Gasteiger partial charge is 0.240 e. The summed E-state index contributed by atoms with van der Waals surface area (Å²) in [7, 11) is -3.38. The van der Waals surface area contributed by atoms with E-state index in [1.165, 1.54) is 12.1 Å². The van der Waals surface area contributed by atoms with Gasteiger partial charge in [0.05, 0.1) is 4.90 Å². The molecule has 3 N–H and O–H groups in total. The van der Waals surface area contributed by atoms with Crippen LogP contribution in [0.4, 0.5) is 0 Å². The van der Waals surface area contributed by atoms with Crippen LogP contribution in [0, 0.1) is 0 Å². The van der Waals surface area contributed by atoms with E-state index in [0.29, 0.717) is 25.4 Å². The molecule has 0 saturated heterocycles. The van der Waals surface area contributed by atoms with E-state index in [4.69, 9.17) is 10.5 Å². The minimum absolute atomic E-state index is 0.231. The van der Waals surface area contributed by atoms with Crippen molar-refractivity contribution in [3.63, 3.8) is 0 Å². The van der Waals surface area contributed by atoms with E-state index < -0.39 is 10.0 Å². The van der Waals surface area contributed by atoms with Crippen LogP contribution < -0.4 is 15.2 Å². The molecule has 0 aliphatic carbocycles. The monoisotopic (exact) mass is 244 g/mol. The molecule has 0 bridgehead atoms. The van der Waals surface area contributed by atoms with Crippen molar-refractivity contribution in [1.29, 1.82) is 0 Å². The number of sulfonamides is 1. The van der Waals surface area contributed by atoms with Crippen molar-refractivity contribution >= 4 is 10.0 Å². The molecule has 0 aliphatic heterocycles. The quantitative estimate of drug-likeness (QED) is 0.755. The second kappa shape index (κ2) is 5.83. The Morgan fingerprint density at radius 2 is 1.94 bits per heavy atom. The van der Waals surface area contributed by atoms with E-state index in [-0.39, 0.29) is 4.90 Å². The van der Waals surface area contributed by atoms with Crippen molar-refractivity contribution in [3.05, 3.63) is 24.3 Å². The lowest BCUT2D eigenvalue weighted by Crippen LogP contribution is -2.23. The van der Waals surface area contributed by atoms with E-state index in [9.17, 15) is 8.42 Å². The van der Waals surface area contributed by atoms with Crippen LogP contribution in [0.5, 0.6) is 5.75 Å². The van der Waals surface area contributed by atoms with Gasteiger partial charge in [0.1, 0.15) is 12.4 Å². The molecule has 16 heavy (non-hydrogen) atoms. The fraction of sp³-hybridized carbons (Fsp3) is 0.400. The zero-order valence-corrected chi connectivity index (χ0v) is 9.96. The Hall–Kier alpha value is -1.11. The molecule has 0 fully saturated rings. The summed E-state index contributed by atoms with van der Waals surface area (Å²) in [5.41, 5.74) is 5.28. The van der Waals surface area contributed by atoms with Gasteiger partial charge in [-0.1, -0.05) is 6.92 Å². The first kappa shape index (κ1) is 13.0. The Kier molecular flexibility index (Phi) is 4.72. The minimum Gasteiger partial charge on any atom is -0.492 e. The molecule has 0 saturated carbocycles. The average molecular weight is 244 g/mol. The zero-order chi connectivity index (χ0) is 12.0. The van der Waals surface area contributed by atoms with Crippen molar-refractivity contribution < 1.29 is 13.2 Å². The maximum Gasteiger partial charge on any atom is 0.240 e. The molecular weight excluding hydrogens is 228 g/mol. The standard InChI is InChI=1S/C10H16N2O3S/c1-2-12-16(13,14)10-5-3-9(4-6-10)15-8-7-11/h3-6,12H,2,7-8,11H2,1H3. The van der Waals surface area contributed by atoms with Gasteiger partial charge in [0, 0.05) is 13.1 Å². The van der Waals surface area contributed by atoms with E-state index in [2.05, 4.69) is 4.72 Å². The predicted octanol–water partition coefficient (Wildman–Crippen LogP) is 0.322. The molecule has 0 heterocycles. The molecule has 1 aromatic carbocycles. The largest absolute Gasteiger partial charge is 0.492 e. The molecular formula is C10H16N2O3S. The van der Waals surface area contributed by atoms with Crippen molar-refractivity contribution in [2.45, 2.75) is 11.8 Å². The third-order valence-electron chi connectivity index (χ3n) is 1.85. The van der Waals surface area contributed by atoms with Crippen LogP contribution in [0.1, 0.15) is 6.92 Å². The van der Waals surface area contributed by atoms with Crippen molar-refractivity contribution in [2.75, 3.05) is 19.7 Å². The van der Waals surface area contributed by atoms with Gasteiger partial charge in [-0.3, -0.25) is 0 Å². The third-order valence-corrected chi connectivity index (χ3v) is 3.42. The second-order valence-corrected chi connectivity index (χ2v) is 4.88. The lowest BCUT2D eigenvalue weighted by molar-refractivity contribution is 0.328. The number of hydrogen-bond acceptors (Lipinski definition) is 4. The topological polar surface area (TPSA) is 81.4 Å². The van der Waals surface area contributed by atoms with Gasteiger partial charge < -0.3 is 10.5 Å². The lowest BCUT2D eigenvalue weighted by atomic mass is 10.3. The number of rotatable bonds is 6. The van der Waals surface area contributed by atoms with Gasteiger partial charge in [0.15, 0.2) is 0 Å². The molecule has 6 heteroatoms. The summed E-state index contributed by atoms with van der Waals surface area (Å²) in [5, 5.41) is 0. The molecule has 0 radical (unpaired) electrons. The van der Waals surface area contributed by atoms with E-state index >= 15 is 0 Å². The van der Waals surface area contributed by atoms with Gasteiger partial charge in [-0.15, -0.1) is 0 Å². The number of benzene rings is 1. The van der Waals surface area contributed by atoms with Crippen LogP contribution in [0.25, 0.3) is 0 Å². The molecule has 1 aromatic rings. The van der Waals surface area contributed by atoms with Gasteiger partial charge in [0.2, 0.25) is 10.0 Å². The summed E-state index contributed by atoms with van der Waals surface area (Å²) >= 11 is 0. The first-order chi connectivity index (χ1) is 7.60. The minimum atomic E-state index is -3.38. The Bertz CT molecular complexity index is 414. The highest BCUT2D eigenvalue weighted by molar-refractivity contribution is 7.89. The van der Waals surface area contributed by atoms with E-state index in [1.54, 1.807) is 19.1 Å². The number of hydrogen-bond donors (Lipinski definition) is 2. The van der Waals surface area contributed by atoms with Crippen molar-refractivity contribution in [2.24, 2.45) is 5.73 Å². The molecule has 0 atom stereocenters. The summed E-state index contributed by atoms with van der Waals surface area (Å²) in [4.78, 5) is 0.231. The van der Waals surface area contributed by atoms with Crippen molar-refractivity contribution in [3.8, 4) is 5.75 Å². The molecule has 0 amide bonds. The molecule has 0 spiro atoms. The molecule has 0 aromatic heterocycles. The Morgan fingerprint density at radius 1 is 1.31 bits per heavy atom. The zero-order valence-electron chi connectivity index (χ0n) is 9.14. The first-order valence-corrected chi connectivity index (χ1v) is 6.51. The van der Waals surface area contributed by atoms with E-state index in [0.717, 1.165) is 0 Å². The highest BCUT2D eigenvalue weighted by atomic mass is 32.2. The van der Waals surface area contributed by atoms with Gasteiger partial charge >= 0.3 is 0 Å². The van der Waals surface area contributed by atoms with Crippen LogP contribution in [-0.4, -0.2) is 28.1 Å². The normalized spacial score (nSPS) is 11.4. The Balaban J connectivity index is 2.78. The van der Waals surface area contributed by atoms with Gasteiger partial charge in [-0.25, -0.2) is 13.1 Å². The molecule has 0 aliphatic rings. The highest BCUT2D eigenvalue weighted by Gasteiger charge is 2.11. The van der Waals surface area contributed by atoms with Crippen LogP contribution >= 0.6 is 0 Å². The highest BCUT2D eigenvalue weighted by Crippen LogP contribution is 2.15. The summed E-state index contributed by atoms with van der Waals surface area (Å²) in [6.07, 6.45) is 0. The maximum absolute atomic E-state index is 11.6. The number of nitrogens with two attached hydrogens (primary N) is 1. The van der Waals surface area contributed by atoms with Crippen LogP contribution in [0.15, 0.2) is 29.2 Å². The summed E-state index contributed by atoms with van der Waals surface area (Å²) in [6.45, 7) is 2.95.